The normalized spacial score (nSPS) is 15.8. The molecule has 174 valence electrons. The number of anilines is 2. The van der Waals surface area contributed by atoms with E-state index < -0.39 is 16.1 Å². The molecule has 1 atom stereocenters. The Hall–Kier alpha value is -2.60. The van der Waals surface area contributed by atoms with Crippen LogP contribution in [0.5, 0.6) is 5.75 Å². The van der Waals surface area contributed by atoms with Gasteiger partial charge in [-0.25, -0.2) is 9.97 Å². The Kier molecular flexibility index (Phi) is 5.94. The van der Waals surface area contributed by atoms with Gasteiger partial charge in [0.2, 0.25) is 0 Å². The van der Waals surface area contributed by atoms with E-state index in [1.165, 1.54) is 11.0 Å². The first-order valence-electron chi connectivity index (χ1n) is 10.2. The molecule has 1 amide bonds. The number of carbonyl (C=O) groups is 1. The summed E-state index contributed by atoms with van der Waals surface area (Å²) in [7, 11) is 1.68. The van der Waals surface area contributed by atoms with E-state index in [0.29, 0.717) is 45.1 Å². The molecule has 7 nitrogen and oxygen atoms in total. The number of amides is 1. The molecule has 0 saturated carbocycles. The number of benzene rings is 2. The zero-order valence-electron chi connectivity index (χ0n) is 18.5. The molecule has 2 heterocycles. The molecule has 1 aliphatic rings. The van der Waals surface area contributed by atoms with E-state index >= 15 is 0 Å². The van der Waals surface area contributed by atoms with Crippen LogP contribution in [0.15, 0.2) is 30.3 Å². The molecule has 0 aliphatic carbocycles. The molecule has 3 aromatic rings. The Morgan fingerprint density at radius 3 is 2.64 bits per heavy atom. The maximum Gasteiger partial charge on any atom is 0.296 e. The average molecular weight is 568 g/mol. The standard InChI is InChI=1S/C23H23F2IN4O3/c1-12-15(6-5-7-16(12)23(24,25)11-31)22(3,26)29-21-14-8-18-19(33-10-20(32)30(18)4)9-17(14)27-13(2)28-21/h5-9,31H,10-11H2,1-4H3,(H,27,28,29). The number of nitrogens with zero attached hydrogens (tertiary/aromatic N) is 3. The molecule has 1 aliphatic heterocycles. The molecule has 0 fully saturated rings. The quantitative estimate of drug-likeness (QED) is 0.270. The highest BCUT2D eigenvalue weighted by Gasteiger charge is 2.36. The van der Waals surface area contributed by atoms with E-state index in [0.717, 1.165) is 0 Å². The van der Waals surface area contributed by atoms with Crippen LogP contribution in [0, 0.1) is 13.8 Å². The number of rotatable bonds is 5. The lowest BCUT2D eigenvalue weighted by atomic mass is 9.94. The van der Waals surface area contributed by atoms with Crippen molar-refractivity contribution in [2.24, 2.45) is 0 Å². The van der Waals surface area contributed by atoms with Gasteiger partial charge in [-0.15, -0.1) is 0 Å². The molecular formula is C23H23F2IN4O3. The zero-order valence-corrected chi connectivity index (χ0v) is 20.7. The van der Waals surface area contributed by atoms with Gasteiger partial charge in [0.1, 0.15) is 27.5 Å². The minimum Gasteiger partial charge on any atom is -0.481 e. The van der Waals surface area contributed by atoms with E-state index in [-0.39, 0.29) is 18.1 Å². The molecule has 0 saturated heterocycles. The molecule has 2 N–H and O–H groups in total. The summed E-state index contributed by atoms with van der Waals surface area (Å²) in [6.45, 7) is 3.93. The van der Waals surface area contributed by atoms with E-state index in [2.05, 4.69) is 37.9 Å². The Morgan fingerprint density at radius 2 is 1.94 bits per heavy atom. The third-order valence-corrected chi connectivity index (χ3v) is 6.61. The van der Waals surface area contributed by atoms with Crippen molar-refractivity contribution in [1.82, 2.24) is 9.97 Å². The van der Waals surface area contributed by atoms with Gasteiger partial charge in [-0.1, -0.05) is 18.2 Å². The van der Waals surface area contributed by atoms with Gasteiger partial charge < -0.3 is 20.1 Å². The first-order valence-corrected chi connectivity index (χ1v) is 11.3. The Bertz CT molecular complexity index is 1270. The molecule has 1 aromatic heterocycles. The van der Waals surface area contributed by atoms with Gasteiger partial charge in [-0.05, 0) is 60.6 Å². The summed E-state index contributed by atoms with van der Waals surface area (Å²) >= 11 is 2.15. The number of aromatic nitrogens is 2. The number of carbonyl (C=O) groups excluding carboxylic acids is 1. The number of alkyl halides is 3. The summed E-state index contributed by atoms with van der Waals surface area (Å²) in [4.78, 5) is 22.7. The molecule has 4 rings (SSSR count). The number of likely N-dealkylation sites (N-methyl/N-ethyl adjacent to an activating group) is 1. The highest BCUT2D eigenvalue weighted by Crippen LogP contribution is 2.42. The number of hydrogen-bond donors (Lipinski definition) is 2. The van der Waals surface area contributed by atoms with Crippen molar-refractivity contribution >= 4 is 50.9 Å². The topological polar surface area (TPSA) is 87.6 Å². The smallest absolute Gasteiger partial charge is 0.296 e. The minimum atomic E-state index is -3.35. The lowest BCUT2D eigenvalue weighted by Gasteiger charge is -2.30. The first kappa shape index (κ1) is 23.6. The van der Waals surface area contributed by atoms with Crippen molar-refractivity contribution in [2.45, 2.75) is 30.2 Å². The number of ether oxygens (including phenoxy) is 1. The molecule has 2 aromatic carbocycles. The molecular weight excluding hydrogens is 545 g/mol. The number of nitrogens with one attached hydrogen (secondary N) is 1. The zero-order chi connectivity index (χ0) is 24.1. The fourth-order valence-corrected chi connectivity index (χ4v) is 4.86. The van der Waals surface area contributed by atoms with Crippen LogP contribution in [-0.2, 0) is 14.3 Å². The monoisotopic (exact) mass is 568 g/mol. The van der Waals surface area contributed by atoms with E-state index in [4.69, 9.17) is 9.84 Å². The number of aliphatic hydroxyl groups excluding tert-OH is 1. The van der Waals surface area contributed by atoms with Crippen LogP contribution in [-0.4, -0.2) is 41.2 Å². The van der Waals surface area contributed by atoms with Crippen LogP contribution in [0.4, 0.5) is 20.3 Å². The highest BCUT2D eigenvalue weighted by atomic mass is 127. The van der Waals surface area contributed by atoms with Crippen LogP contribution in [0.3, 0.4) is 0 Å². The van der Waals surface area contributed by atoms with Crippen molar-refractivity contribution in [3.05, 3.63) is 52.8 Å². The predicted molar refractivity (Wildman–Crippen MR) is 130 cm³/mol. The maximum atomic E-state index is 14.3. The lowest BCUT2D eigenvalue weighted by molar-refractivity contribution is -0.120. The summed E-state index contributed by atoms with van der Waals surface area (Å²) in [5.41, 5.74) is 2.03. The summed E-state index contributed by atoms with van der Waals surface area (Å²) in [6.07, 6.45) is 0. The van der Waals surface area contributed by atoms with E-state index in [9.17, 15) is 13.6 Å². The van der Waals surface area contributed by atoms with E-state index in [1.54, 1.807) is 45.2 Å². The van der Waals surface area contributed by atoms with Crippen molar-refractivity contribution in [2.75, 3.05) is 30.5 Å². The molecule has 33 heavy (non-hydrogen) atoms. The number of fused-ring (bicyclic) bond motifs is 2. The third kappa shape index (κ3) is 4.21. The molecule has 10 heteroatoms. The fraction of sp³-hybridized carbons (Fsp3) is 0.348. The summed E-state index contributed by atoms with van der Waals surface area (Å²) in [6, 6.07) is 8.21. The van der Waals surface area contributed by atoms with Crippen molar-refractivity contribution < 1.29 is 23.4 Å². The van der Waals surface area contributed by atoms with Gasteiger partial charge in [0.15, 0.2) is 6.61 Å². The van der Waals surface area contributed by atoms with Crippen LogP contribution in [0.2, 0.25) is 0 Å². The Morgan fingerprint density at radius 1 is 1.24 bits per heavy atom. The van der Waals surface area contributed by atoms with Crippen LogP contribution < -0.4 is 15.0 Å². The lowest BCUT2D eigenvalue weighted by Crippen LogP contribution is -2.35. The molecule has 0 bridgehead atoms. The summed E-state index contributed by atoms with van der Waals surface area (Å²) in [5.74, 6) is -1.93. The highest BCUT2D eigenvalue weighted by molar-refractivity contribution is 14.1. The number of halogens is 3. The molecule has 0 radical (unpaired) electrons. The Labute approximate surface area is 203 Å². The van der Waals surface area contributed by atoms with Crippen molar-refractivity contribution in [3.8, 4) is 5.75 Å². The maximum absolute atomic E-state index is 14.3. The second kappa shape index (κ2) is 8.32. The van der Waals surface area contributed by atoms with Crippen LogP contribution in [0.25, 0.3) is 10.9 Å². The van der Waals surface area contributed by atoms with Gasteiger partial charge in [0.05, 0.1) is 11.2 Å². The second-order valence-corrected chi connectivity index (χ2v) is 10.3. The number of hydrogen-bond acceptors (Lipinski definition) is 6. The van der Waals surface area contributed by atoms with Gasteiger partial charge in [-0.3, -0.25) is 4.79 Å². The largest absolute Gasteiger partial charge is 0.481 e. The van der Waals surface area contributed by atoms with Gasteiger partial charge in [0.25, 0.3) is 11.8 Å². The van der Waals surface area contributed by atoms with Crippen LogP contribution in [0.1, 0.15) is 29.4 Å². The summed E-state index contributed by atoms with van der Waals surface area (Å²) < 4.78 is 33.3. The van der Waals surface area contributed by atoms with Gasteiger partial charge >= 0.3 is 0 Å². The second-order valence-electron chi connectivity index (χ2n) is 8.17. The van der Waals surface area contributed by atoms with Crippen LogP contribution >= 0.6 is 22.6 Å². The average Bonchev–Trinajstić information content (AvgIpc) is 2.75. The number of aliphatic hydroxyl groups is 1. The Balaban J connectivity index is 1.82. The fourth-order valence-electron chi connectivity index (χ4n) is 4.02. The summed E-state index contributed by atoms with van der Waals surface area (Å²) in [5, 5.41) is 13.2. The first-order chi connectivity index (χ1) is 15.4. The minimum absolute atomic E-state index is 0.0376. The predicted octanol–water partition coefficient (Wildman–Crippen LogP) is 4.41. The van der Waals surface area contributed by atoms with Gasteiger partial charge in [-0.2, -0.15) is 8.78 Å². The van der Waals surface area contributed by atoms with Crippen molar-refractivity contribution in [3.63, 3.8) is 0 Å². The third-order valence-electron chi connectivity index (χ3n) is 5.76. The molecule has 0 spiro atoms. The molecule has 1 unspecified atom stereocenters. The van der Waals surface area contributed by atoms with Gasteiger partial charge in [0, 0.05) is 24.1 Å². The number of aryl methyl sites for hydroxylation is 1. The van der Waals surface area contributed by atoms with Crippen molar-refractivity contribution in [1.29, 1.82) is 0 Å². The SMILES string of the molecule is Cc1nc(NC(C)(I)c2cccc(C(F)(F)CO)c2C)c2cc3c(cc2n1)OCC(=O)N3C. The van der Waals surface area contributed by atoms with E-state index in [1.807, 2.05) is 6.92 Å².